The zero-order valence-corrected chi connectivity index (χ0v) is 14.9. The third-order valence-electron chi connectivity index (χ3n) is 3.31. The van der Waals surface area contributed by atoms with Gasteiger partial charge in [0.1, 0.15) is 0 Å². The first-order chi connectivity index (χ1) is 10.8. The second kappa shape index (κ2) is 8.56. The van der Waals surface area contributed by atoms with Gasteiger partial charge in [0, 0.05) is 25.3 Å². The molecule has 2 heterocycles. The minimum atomic E-state index is -0.253. The van der Waals surface area contributed by atoms with Gasteiger partial charge in [0.15, 0.2) is 11.7 Å². The fourth-order valence-corrected chi connectivity index (χ4v) is 2.14. The molecule has 7 heteroatoms. The van der Waals surface area contributed by atoms with Crippen molar-refractivity contribution in [2.45, 2.75) is 13.0 Å². The first-order valence-corrected chi connectivity index (χ1v) is 7.27. The summed E-state index contributed by atoms with van der Waals surface area (Å²) in [5.74, 6) is 0.894. The predicted octanol–water partition coefficient (Wildman–Crippen LogP) is 2.59. The van der Waals surface area contributed by atoms with Crippen LogP contribution in [-0.4, -0.2) is 25.0 Å². The molecule has 0 fully saturated rings. The average molecular weight is 426 g/mol. The molecule has 1 aliphatic rings. The van der Waals surface area contributed by atoms with E-state index in [1.807, 2.05) is 24.3 Å². The summed E-state index contributed by atoms with van der Waals surface area (Å²) in [6.45, 7) is 2.52. The summed E-state index contributed by atoms with van der Waals surface area (Å²) >= 11 is 0. The van der Waals surface area contributed by atoms with Crippen LogP contribution in [0.15, 0.2) is 52.1 Å². The normalized spacial score (nSPS) is 13.3. The number of carbonyl (C=O) groups excluding carboxylic acids is 1. The molecule has 0 saturated carbocycles. The van der Waals surface area contributed by atoms with E-state index >= 15 is 0 Å². The molecule has 3 N–H and O–H groups in total. The molecule has 6 nitrogen and oxygen atoms in total. The van der Waals surface area contributed by atoms with E-state index in [0.29, 0.717) is 12.3 Å². The van der Waals surface area contributed by atoms with Crippen LogP contribution >= 0.6 is 24.0 Å². The van der Waals surface area contributed by atoms with E-state index < -0.39 is 0 Å². The Morgan fingerprint density at radius 2 is 2.09 bits per heavy atom. The van der Waals surface area contributed by atoms with Gasteiger partial charge >= 0.3 is 0 Å². The number of benzene rings is 1. The number of carbonyl (C=O) groups is 1. The number of rotatable bonds is 4. The van der Waals surface area contributed by atoms with E-state index in [9.17, 15) is 4.79 Å². The molecule has 3 rings (SSSR count). The van der Waals surface area contributed by atoms with Crippen LogP contribution in [0, 0.1) is 0 Å². The highest BCUT2D eigenvalue weighted by atomic mass is 127. The van der Waals surface area contributed by atoms with Gasteiger partial charge in [-0.25, -0.2) is 0 Å². The molecule has 2 aromatic rings. The predicted molar refractivity (Wildman–Crippen MR) is 100 cm³/mol. The lowest BCUT2D eigenvalue weighted by molar-refractivity contribution is 0.0996. The fourth-order valence-electron chi connectivity index (χ4n) is 2.14. The number of hydrogen-bond donors (Lipinski definition) is 3. The molecule has 0 unspecified atom stereocenters. The summed E-state index contributed by atoms with van der Waals surface area (Å²) in [5.41, 5.74) is 1.85. The minimum Gasteiger partial charge on any atom is -0.459 e. The van der Waals surface area contributed by atoms with Gasteiger partial charge in [0.05, 0.1) is 6.26 Å². The van der Waals surface area contributed by atoms with E-state index in [-0.39, 0.29) is 29.9 Å². The van der Waals surface area contributed by atoms with Gasteiger partial charge in [0.2, 0.25) is 0 Å². The van der Waals surface area contributed by atoms with E-state index in [1.165, 1.54) is 6.26 Å². The van der Waals surface area contributed by atoms with E-state index in [2.05, 4.69) is 20.9 Å². The van der Waals surface area contributed by atoms with Crippen molar-refractivity contribution >= 4 is 41.5 Å². The van der Waals surface area contributed by atoms with Gasteiger partial charge in [-0.15, -0.1) is 24.0 Å². The number of guanidine groups is 1. The largest absolute Gasteiger partial charge is 0.459 e. The number of halogens is 1. The second-order valence-corrected chi connectivity index (χ2v) is 4.99. The van der Waals surface area contributed by atoms with Crippen LogP contribution in [0.2, 0.25) is 0 Å². The van der Waals surface area contributed by atoms with Crippen LogP contribution < -0.4 is 16.0 Å². The topological polar surface area (TPSA) is 78.7 Å². The van der Waals surface area contributed by atoms with Crippen molar-refractivity contribution < 1.29 is 9.21 Å². The van der Waals surface area contributed by atoms with Crippen LogP contribution in [-0.2, 0) is 6.54 Å². The molecule has 23 heavy (non-hydrogen) atoms. The number of amides is 1. The third kappa shape index (κ3) is 4.98. The molecule has 1 amide bonds. The maximum absolute atomic E-state index is 11.9. The Labute approximate surface area is 151 Å². The first-order valence-electron chi connectivity index (χ1n) is 7.27. The number of anilines is 1. The highest BCUT2D eigenvalue weighted by Crippen LogP contribution is 2.11. The van der Waals surface area contributed by atoms with Crippen molar-refractivity contribution in [2.75, 3.05) is 18.4 Å². The minimum absolute atomic E-state index is 0. The zero-order valence-electron chi connectivity index (χ0n) is 12.5. The maximum atomic E-state index is 11.9. The van der Waals surface area contributed by atoms with Crippen molar-refractivity contribution in [1.29, 1.82) is 0 Å². The van der Waals surface area contributed by atoms with Crippen molar-refractivity contribution in [3.8, 4) is 0 Å². The lowest BCUT2D eigenvalue weighted by Gasteiger charge is -2.16. The highest BCUT2D eigenvalue weighted by Gasteiger charge is 2.08. The highest BCUT2D eigenvalue weighted by molar-refractivity contribution is 14.0. The summed E-state index contributed by atoms with van der Waals surface area (Å²) in [5, 5.41) is 9.26. The van der Waals surface area contributed by atoms with Crippen molar-refractivity contribution in [3.05, 3.63) is 54.0 Å². The quantitative estimate of drug-likeness (QED) is 0.657. The molecule has 0 atom stereocenters. The average Bonchev–Trinajstić information content (AvgIpc) is 3.10. The van der Waals surface area contributed by atoms with E-state index in [4.69, 9.17) is 4.42 Å². The SMILES string of the molecule is I.O=C(Nc1ccc(CNC2=NCCCN2)cc1)c1ccco1. The molecule has 0 bridgehead atoms. The van der Waals surface area contributed by atoms with Gasteiger partial charge in [-0.05, 0) is 36.2 Å². The van der Waals surface area contributed by atoms with Gasteiger partial charge in [0.25, 0.3) is 5.91 Å². The molecule has 0 spiro atoms. The van der Waals surface area contributed by atoms with Crippen molar-refractivity contribution in [3.63, 3.8) is 0 Å². The van der Waals surface area contributed by atoms with Crippen LogP contribution in [0.4, 0.5) is 5.69 Å². The number of hydrogen-bond acceptors (Lipinski definition) is 5. The zero-order chi connectivity index (χ0) is 15.2. The number of furan rings is 1. The molecular formula is C16H19IN4O2. The summed E-state index contributed by atoms with van der Waals surface area (Å²) in [7, 11) is 0. The Hall–Kier alpha value is -2.03. The third-order valence-corrected chi connectivity index (χ3v) is 3.31. The van der Waals surface area contributed by atoms with Crippen molar-refractivity contribution in [1.82, 2.24) is 10.6 Å². The van der Waals surface area contributed by atoms with Gasteiger partial charge in [-0.1, -0.05) is 12.1 Å². The van der Waals surface area contributed by atoms with Crippen LogP contribution in [0.5, 0.6) is 0 Å². The number of aliphatic imine (C=N–C) groups is 1. The van der Waals surface area contributed by atoms with Gasteiger partial charge in [-0.3, -0.25) is 9.79 Å². The first kappa shape index (κ1) is 17.3. The van der Waals surface area contributed by atoms with Gasteiger partial charge in [-0.2, -0.15) is 0 Å². The Morgan fingerprint density at radius 3 is 2.74 bits per heavy atom. The summed E-state index contributed by atoms with van der Waals surface area (Å²) in [4.78, 5) is 16.2. The standard InChI is InChI=1S/C16H18N4O2.HI/c21-15(14-3-1-10-22-14)20-13-6-4-12(5-7-13)11-19-16-17-8-2-9-18-16;/h1,3-7,10H,2,8-9,11H2,(H,20,21)(H2,17,18,19);1H. The summed E-state index contributed by atoms with van der Waals surface area (Å²) < 4.78 is 5.05. The second-order valence-electron chi connectivity index (χ2n) is 4.99. The molecule has 1 aliphatic heterocycles. The number of nitrogens with one attached hydrogen (secondary N) is 3. The summed E-state index contributed by atoms with van der Waals surface area (Å²) in [6.07, 6.45) is 2.56. The lowest BCUT2D eigenvalue weighted by Crippen LogP contribution is -2.40. The Balaban J connectivity index is 0.00000192. The molecule has 0 saturated heterocycles. The van der Waals surface area contributed by atoms with Crippen LogP contribution in [0.25, 0.3) is 0 Å². The molecular weight excluding hydrogens is 407 g/mol. The van der Waals surface area contributed by atoms with Crippen LogP contribution in [0.3, 0.4) is 0 Å². The van der Waals surface area contributed by atoms with Crippen molar-refractivity contribution in [2.24, 2.45) is 4.99 Å². The number of nitrogens with zero attached hydrogens (tertiary/aromatic N) is 1. The summed E-state index contributed by atoms with van der Waals surface area (Å²) in [6, 6.07) is 11.0. The molecule has 0 aliphatic carbocycles. The molecule has 1 aromatic heterocycles. The maximum Gasteiger partial charge on any atom is 0.291 e. The van der Waals surface area contributed by atoms with Gasteiger partial charge < -0.3 is 20.4 Å². The fraction of sp³-hybridized carbons (Fsp3) is 0.250. The Morgan fingerprint density at radius 1 is 1.26 bits per heavy atom. The molecule has 0 radical (unpaired) electrons. The van der Waals surface area contributed by atoms with E-state index in [1.54, 1.807) is 12.1 Å². The molecule has 122 valence electrons. The van der Waals surface area contributed by atoms with E-state index in [0.717, 1.165) is 36.7 Å². The smallest absolute Gasteiger partial charge is 0.291 e. The van der Waals surface area contributed by atoms with Crippen LogP contribution in [0.1, 0.15) is 22.5 Å². The lowest BCUT2D eigenvalue weighted by atomic mass is 10.2. The Kier molecular flexibility index (Phi) is 6.45. The Bertz CT molecular complexity index is 653. The monoisotopic (exact) mass is 426 g/mol. The molecule has 1 aromatic carbocycles.